The summed E-state index contributed by atoms with van der Waals surface area (Å²) in [6, 6.07) is 1.97. The number of amides is 1. The van der Waals surface area contributed by atoms with E-state index in [1.54, 1.807) is 0 Å². The van der Waals surface area contributed by atoms with Gasteiger partial charge in [0.05, 0.1) is 11.6 Å². The summed E-state index contributed by atoms with van der Waals surface area (Å²) in [7, 11) is 0. The van der Waals surface area contributed by atoms with Gasteiger partial charge >= 0.3 is 6.18 Å². The quantitative estimate of drug-likeness (QED) is 0.810. The van der Waals surface area contributed by atoms with Crippen molar-refractivity contribution in [3.8, 4) is 0 Å². The van der Waals surface area contributed by atoms with Gasteiger partial charge in [0, 0.05) is 19.3 Å². The number of carbonyl (C=O) groups excluding carboxylic acids is 1. The third-order valence-corrected chi connectivity index (χ3v) is 2.43. The predicted octanol–water partition coefficient (Wildman–Crippen LogP) is 0.802. The van der Waals surface area contributed by atoms with Crippen LogP contribution in [0.15, 0.2) is 18.3 Å². The summed E-state index contributed by atoms with van der Waals surface area (Å²) in [6.07, 6.45) is -3.54. The fraction of sp³-hybridized carbons (Fsp3) is 0.400. The van der Waals surface area contributed by atoms with E-state index in [4.69, 9.17) is 0 Å². The number of halogens is 3. The molecule has 1 aromatic heterocycles. The molecule has 0 atom stereocenters. The maximum Gasteiger partial charge on any atom is 0.433 e. The molecule has 2 rings (SSSR count). The molecule has 4 nitrogen and oxygen atoms in total. The summed E-state index contributed by atoms with van der Waals surface area (Å²) < 4.78 is 36.7. The van der Waals surface area contributed by atoms with Crippen LogP contribution in [0.25, 0.3) is 0 Å². The van der Waals surface area contributed by atoms with E-state index >= 15 is 0 Å². The van der Waals surface area contributed by atoms with Crippen LogP contribution in [0.2, 0.25) is 0 Å². The fourth-order valence-electron chi connectivity index (χ4n) is 1.36. The number of alkyl halides is 3. The van der Waals surface area contributed by atoms with Gasteiger partial charge in [0.2, 0.25) is 0 Å². The van der Waals surface area contributed by atoms with Crippen molar-refractivity contribution in [2.24, 2.45) is 0 Å². The molecule has 1 aromatic rings. The van der Waals surface area contributed by atoms with Crippen LogP contribution < -0.4 is 10.6 Å². The molecule has 1 saturated heterocycles. The molecule has 0 aromatic carbocycles. The standard InChI is InChI=1S/C10H10F3N3O/c11-10(12,13)8-2-1-6(3-15-8)9(17)16-7-4-14-5-7/h1-3,7,14H,4-5H2,(H,16,17). The second-order valence-electron chi connectivity index (χ2n) is 3.76. The van der Waals surface area contributed by atoms with Gasteiger partial charge in [-0.05, 0) is 12.1 Å². The summed E-state index contributed by atoms with van der Waals surface area (Å²) >= 11 is 0. The van der Waals surface area contributed by atoms with Gasteiger partial charge in [-0.15, -0.1) is 0 Å². The van der Waals surface area contributed by atoms with E-state index in [1.807, 2.05) is 0 Å². The second kappa shape index (κ2) is 4.33. The van der Waals surface area contributed by atoms with Crippen LogP contribution >= 0.6 is 0 Å². The largest absolute Gasteiger partial charge is 0.433 e. The molecule has 0 unspecified atom stereocenters. The van der Waals surface area contributed by atoms with Crippen LogP contribution in [0, 0.1) is 0 Å². The molecule has 1 amide bonds. The lowest BCUT2D eigenvalue weighted by Gasteiger charge is -2.27. The zero-order chi connectivity index (χ0) is 12.5. The fourth-order valence-corrected chi connectivity index (χ4v) is 1.36. The SMILES string of the molecule is O=C(NC1CNC1)c1ccc(C(F)(F)F)nc1. The van der Waals surface area contributed by atoms with Crippen molar-refractivity contribution < 1.29 is 18.0 Å². The summed E-state index contributed by atoms with van der Waals surface area (Å²) in [5, 5.41) is 5.64. The molecule has 1 aliphatic rings. The molecule has 2 N–H and O–H groups in total. The lowest BCUT2D eigenvalue weighted by Crippen LogP contribution is -2.56. The van der Waals surface area contributed by atoms with Gasteiger partial charge in [0.1, 0.15) is 5.69 Å². The zero-order valence-electron chi connectivity index (χ0n) is 8.71. The highest BCUT2D eigenvalue weighted by atomic mass is 19.4. The number of hydrogen-bond acceptors (Lipinski definition) is 3. The Morgan fingerprint density at radius 3 is 2.53 bits per heavy atom. The van der Waals surface area contributed by atoms with Crippen molar-refractivity contribution in [2.75, 3.05) is 13.1 Å². The summed E-state index contributed by atoms with van der Waals surface area (Å²) in [6.45, 7) is 1.36. The molecule has 92 valence electrons. The Balaban J connectivity index is 2.04. The first-order valence-corrected chi connectivity index (χ1v) is 5.01. The summed E-state index contributed by atoms with van der Waals surface area (Å²) in [4.78, 5) is 14.8. The van der Waals surface area contributed by atoms with Gasteiger partial charge in [-0.2, -0.15) is 13.2 Å². The van der Waals surface area contributed by atoms with Gasteiger partial charge in [0.25, 0.3) is 5.91 Å². The number of hydrogen-bond donors (Lipinski definition) is 2. The summed E-state index contributed by atoms with van der Waals surface area (Å²) in [5.41, 5.74) is -0.871. The number of rotatable bonds is 2. The van der Waals surface area contributed by atoms with Crippen LogP contribution in [0.5, 0.6) is 0 Å². The highest BCUT2D eigenvalue weighted by Crippen LogP contribution is 2.27. The van der Waals surface area contributed by atoms with Crippen molar-refractivity contribution in [1.82, 2.24) is 15.6 Å². The first kappa shape index (κ1) is 11.8. The number of nitrogens with zero attached hydrogens (tertiary/aromatic N) is 1. The first-order chi connectivity index (χ1) is 7.97. The minimum atomic E-state index is -4.48. The molecule has 0 radical (unpaired) electrons. The van der Waals surface area contributed by atoms with E-state index in [9.17, 15) is 18.0 Å². The molecule has 1 aliphatic heterocycles. The van der Waals surface area contributed by atoms with Crippen LogP contribution in [-0.4, -0.2) is 30.0 Å². The van der Waals surface area contributed by atoms with Crippen LogP contribution in [0.3, 0.4) is 0 Å². The molecule has 17 heavy (non-hydrogen) atoms. The Hall–Kier alpha value is -1.63. The van der Waals surface area contributed by atoms with E-state index in [-0.39, 0.29) is 11.6 Å². The average Bonchev–Trinajstić information content (AvgIpc) is 2.22. The van der Waals surface area contributed by atoms with E-state index in [1.165, 1.54) is 0 Å². The predicted molar refractivity (Wildman–Crippen MR) is 53.4 cm³/mol. The lowest BCUT2D eigenvalue weighted by molar-refractivity contribution is -0.141. The first-order valence-electron chi connectivity index (χ1n) is 5.01. The number of carbonyl (C=O) groups is 1. The smallest absolute Gasteiger partial charge is 0.347 e. The van der Waals surface area contributed by atoms with Crippen molar-refractivity contribution in [3.05, 3.63) is 29.6 Å². The summed E-state index contributed by atoms with van der Waals surface area (Å²) in [5.74, 6) is -0.405. The molecular formula is C10H10F3N3O. The van der Waals surface area contributed by atoms with Gasteiger partial charge in [0.15, 0.2) is 0 Å². The molecule has 0 spiro atoms. The van der Waals surface area contributed by atoms with Gasteiger partial charge in [-0.1, -0.05) is 0 Å². The maximum atomic E-state index is 12.2. The molecule has 0 bridgehead atoms. The number of aromatic nitrogens is 1. The van der Waals surface area contributed by atoms with E-state index in [2.05, 4.69) is 15.6 Å². The van der Waals surface area contributed by atoms with Crippen LogP contribution in [-0.2, 0) is 6.18 Å². The number of pyridine rings is 1. The maximum absolute atomic E-state index is 12.2. The van der Waals surface area contributed by atoms with Gasteiger partial charge < -0.3 is 10.6 Å². The average molecular weight is 245 g/mol. The minimum Gasteiger partial charge on any atom is -0.347 e. The Morgan fingerprint density at radius 2 is 2.12 bits per heavy atom. The third kappa shape index (κ3) is 2.73. The van der Waals surface area contributed by atoms with E-state index in [0.717, 1.165) is 18.3 Å². The number of nitrogens with one attached hydrogen (secondary N) is 2. The van der Waals surface area contributed by atoms with Crippen molar-refractivity contribution in [1.29, 1.82) is 0 Å². The van der Waals surface area contributed by atoms with Crippen molar-refractivity contribution in [2.45, 2.75) is 12.2 Å². The molecule has 1 fully saturated rings. The Bertz CT molecular complexity index is 412. The molecule has 7 heteroatoms. The van der Waals surface area contributed by atoms with E-state index < -0.39 is 17.8 Å². The molecule has 2 heterocycles. The zero-order valence-corrected chi connectivity index (χ0v) is 8.71. The highest BCUT2D eigenvalue weighted by molar-refractivity contribution is 5.94. The monoisotopic (exact) mass is 245 g/mol. The minimum absolute atomic E-state index is 0.0461. The Morgan fingerprint density at radius 1 is 1.41 bits per heavy atom. The van der Waals surface area contributed by atoms with Crippen molar-refractivity contribution >= 4 is 5.91 Å². The van der Waals surface area contributed by atoms with Crippen LogP contribution in [0.4, 0.5) is 13.2 Å². The van der Waals surface area contributed by atoms with Gasteiger partial charge in [-0.3, -0.25) is 9.78 Å². The van der Waals surface area contributed by atoms with Gasteiger partial charge in [-0.25, -0.2) is 0 Å². The topological polar surface area (TPSA) is 54.0 Å². The Labute approximate surface area is 95.2 Å². The molecule has 0 saturated carbocycles. The van der Waals surface area contributed by atoms with Crippen molar-refractivity contribution in [3.63, 3.8) is 0 Å². The lowest BCUT2D eigenvalue weighted by atomic mass is 10.1. The third-order valence-electron chi connectivity index (χ3n) is 2.43. The normalized spacial score (nSPS) is 16.4. The molecular weight excluding hydrogens is 235 g/mol. The van der Waals surface area contributed by atoms with E-state index in [0.29, 0.717) is 13.1 Å². The second-order valence-corrected chi connectivity index (χ2v) is 3.76. The Kier molecular flexibility index (Phi) is 3.01. The highest BCUT2D eigenvalue weighted by Gasteiger charge is 2.32. The van der Waals surface area contributed by atoms with Crippen LogP contribution in [0.1, 0.15) is 16.1 Å². The molecule has 0 aliphatic carbocycles.